The molecule has 5 nitrogen and oxygen atoms in total. The molecule has 1 aromatic carbocycles. The number of hydrogen-bond donors (Lipinski definition) is 3. The number of benzene rings is 1. The van der Waals surface area contributed by atoms with Crippen molar-refractivity contribution in [1.82, 2.24) is 21.1 Å². The van der Waals surface area contributed by atoms with Gasteiger partial charge in [0.1, 0.15) is 5.82 Å². The lowest BCUT2D eigenvalue weighted by atomic mass is 9.96. The summed E-state index contributed by atoms with van der Waals surface area (Å²) in [6.07, 6.45) is 4.82. The first-order chi connectivity index (χ1) is 12.1. The maximum atomic E-state index is 13.3. The fourth-order valence-electron chi connectivity index (χ4n) is 3.82. The number of amides is 1. The van der Waals surface area contributed by atoms with Gasteiger partial charge in [0, 0.05) is 31.6 Å². The highest BCUT2D eigenvalue weighted by Gasteiger charge is 2.26. The molecule has 2 saturated heterocycles. The van der Waals surface area contributed by atoms with Crippen LogP contribution in [0.3, 0.4) is 0 Å². The Morgan fingerprint density at radius 3 is 2.77 bits per heavy atom. The molecule has 0 spiro atoms. The first kappa shape index (κ1) is 21.1. The summed E-state index contributed by atoms with van der Waals surface area (Å²) in [6, 6.07) is 7.27. The summed E-state index contributed by atoms with van der Waals surface area (Å²) in [4.78, 5) is 14.3. The Labute approximate surface area is 161 Å². The van der Waals surface area contributed by atoms with Gasteiger partial charge < -0.3 is 10.2 Å². The normalized spacial score (nSPS) is 23.5. The second-order valence-electron chi connectivity index (χ2n) is 7.26. The van der Waals surface area contributed by atoms with Crippen molar-refractivity contribution in [3.05, 3.63) is 35.6 Å². The molecule has 2 heterocycles. The highest BCUT2D eigenvalue weighted by atomic mass is 35.5. The van der Waals surface area contributed by atoms with Crippen molar-refractivity contribution in [1.29, 1.82) is 0 Å². The predicted octanol–water partition coefficient (Wildman–Crippen LogP) is 2.39. The number of carbonyl (C=O) groups is 1. The number of piperidine rings is 1. The third-order valence-electron chi connectivity index (χ3n) is 5.34. The average molecular weight is 385 g/mol. The molecule has 7 heteroatoms. The lowest BCUT2D eigenvalue weighted by molar-refractivity contribution is -0.135. The Morgan fingerprint density at radius 1 is 1.27 bits per heavy atom. The minimum absolute atomic E-state index is 0. The second kappa shape index (κ2) is 10.2. The van der Waals surface area contributed by atoms with Gasteiger partial charge in [-0.1, -0.05) is 12.1 Å². The Kier molecular flexibility index (Phi) is 8.28. The fourth-order valence-corrected chi connectivity index (χ4v) is 3.82. The van der Waals surface area contributed by atoms with E-state index in [0.717, 1.165) is 57.3 Å². The van der Waals surface area contributed by atoms with E-state index in [0.29, 0.717) is 6.04 Å². The van der Waals surface area contributed by atoms with Gasteiger partial charge >= 0.3 is 0 Å². The quantitative estimate of drug-likeness (QED) is 0.705. The second-order valence-corrected chi connectivity index (χ2v) is 7.26. The Balaban J connectivity index is 0.00000243. The van der Waals surface area contributed by atoms with E-state index < -0.39 is 0 Å². The Morgan fingerprint density at radius 2 is 2.04 bits per heavy atom. The lowest BCUT2D eigenvalue weighted by Crippen LogP contribution is -2.39. The third-order valence-corrected chi connectivity index (χ3v) is 5.34. The molecule has 0 radical (unpaired) electrons. The fraction of sp³-hybridized carbons (Fsp3) is 0.632. The predicted molar refractivity (Wildman–Crippen MR) is 104 cm³/mol. The zero-order valence-corrected chi connectivity index (χ0v) is 16.2. The molecular weight excluding hydrogens is 355 g/mol. The number of rotatable bonds is 6. The molecule has 2 unspecified atom stereocenters. The topological polar surface area (TPSA) is 56.4 Å². The molecule has 2 aliphatic rings. The molecule has 0 aliphatic carbocycles. The van der Waals surface area contributed by atoms with Gasteiger partial charge in [0.25, 0.3) is 0 Å². The van der Waals surface area contributed by atoms with Gasteiger partial charge in [0.15, 0.2) is 0 Å². The molecule has 3 rings (SSSR count). The number of nitrogens with zero attached hydrogens (tertiary/aromatic N) is 1. The zero-order chi connectivity index (χ0) is 17.6. The molecule has 1 aromatic rings. The number of hydrogen-bond acceptors (Lipinski definition) is 4. The van der Waals surface area contributed by atoms with Gasteiger partial charge in [0.2, 0.25) is 5.91 Å². The first-order valence-corrected chi connectivity index (χ1v) is 9.35. The largest absolute Gasteiger partial charge is 0.346 e. The standard InChI is InChI=1S/C19H29FN4O.ClH/c1-24(19(25)14-7-9-21-10-8-14)11-3-6-17-13-18(23-22-17)15-4-2-5-16(20)12-15;/h2,4-5,12,14,17-18,21-23H,3,6-11,13H2,1H3;1H. The molecule has 2 aliphatic heterocycles. The van der Waals surface area contributed by atoms with Crippen LogP contribution in [-0.2, 0) is 4.79 Å². The van der Waals surface area contributed by atoms with E-state index in [-0.39, 0.29) is 36.1 Å². The number of carbonyl (C=O) groups excluding carboxylic acids is 1. The third kappa shape index (κ3) is 5.64. The van der Waals surface area contributed by atoms with Gasteiger partial charge in [-0.3, -0.25) is 15.6 Å². The first-order valence-electron chi connectivity index (χ1n) is 9.35. The smallest absolute Gasteiger partial charge is 0.225 e. The minimum atomic E-state index is -0.194. The van der Waals surface area contributed by atoms with Gasteiger partial charge in [-0.2, -0.15) is 0 Å². The van der Waals surface area contributed by atoms with E-state index in [1.165, 1.54) is 6.07 Å². The SMILES string of the molecule is CN(CCCC1CC(c2cccc(F)c2)NN1)C(=O)C1CCNCC1.Cl. The number of hydrazine groups is 1. The van der Waals surface area contributed by atoms with Crippen molar-refractivity contribution in [2.75, 3.05) is 26.7 Å². The molecule has 0 aromatic heterocycles. The van der Waals surface area contributed by atoms with Crippen LogP contribution in [0.1, 0.15) is 43.7 Å². The van der Waals surface area contributed by atoms with Crippen molar-refractivity contribution in [2.45, 2.75) is 44.2 Å². The van der Waals surface area contributed by atoms with E-state index in [1.54, 1.807) is 12.1 Å². The Hall–Kier alpha value is -1.21. The van der Waals surface area contributed by atoms with Crippen LogP contribution in [0.15, 0.2) is 24.3 Å². The number of halogens is 2. The van der Waals surface area contributed by atoms with Crippen molar-refractivity contribution in [3.63, 3.8) is 0 Å². The van der Waals surface area contributed by atoms with Gasteiger partial charge in [-0.05, 0) is 62.9 Å². The maximum Gasteiger partial charge on any atom is 0.225 e. The average Bonchev–Trinajstić information content (AvgIpc) is 3.11. The zero-order valence-electron chi connectivity index (χ0n) is 15.3. The van der Waals surface area contributed by atoms with Crippen LogP contribution in [0.4, 0.5) is 4.39 Å². The van der Waals surface area contributed by atoms with Crippen LogP contribution in [0.5, 0.6) is 0 Å². The van der Waals surface area contributed by atoms with Crippen LogP contribution in [0.2, 0.25) is 0 Å². The lowest BCUT2D eigenvalue weighted by Gasteiger charge is -2.27. The van der Waals surface area contributed by atoms with E-state index in [9.17, 15) is 9.18 Å². The summed E-state index contributed by atoms with van der Waals surface area (Å²) in [5.41, 5.74) is 7.55. The molecule has 146 valence electrons. The van der Waals surface area contributed by atoms with Crippen LogP contribution in [0.25, 0.3) is 0 Å². The highest BCUT2D eigenvalue weighted by Crippen LogP contribution is 2.24. The molecule has 2 fully saturated rings. The van der Waals surface area contributed by atoms with E-state index in [1.807, 2.05) is 18.0 Å². The molecule has 26 heavy (non-hydrogen) atoms. The molecule has 1 amide bonds. The summed E-state index contributed by atoms with van der Waals surface area (Å²) >= 11 is 0. The minimum Gasteiger partial charge on any atom is -0.346 e. The number of nitrogens with one attached hydrogen (secondary N) is 3. The molecule has 2 atom stereocenters. The van der Waals surface area contributed by atoms with Gasteiger partial charge in [-0.25, -0.2) is 4.39 Å². The van der Waals surface area contributed by atoms with Crippen LogP contribution >= 0.6 is 12.4 Å². The van der Waals surface area contributed by atoms with Crippen LogP contribution in [-0.4, -0.2) is 43.5 Å². The van der Waals surface area contributed by atoms with E-state index >= 15 is 0 Å². The molecule has 0 bridgehead atoms. The highest BCUT2D eigenvalue weighted by molar-refractivity contribution is 5.85. The summed E-state index contributed by atoms with van der Waals surface area (Å²) in [6.45, 7) is 2.69. The van der Waals surface area contributed by atoms with Crippen molar-refractivity contribution in [2.24, 2.45) is 5.92 Å². The van der Waals surface area contributed by atoms with Gasteiger partial charge in [0.05, 0.1) is 0 Å². The molecule has 3 N–H and O–H groups in total. The summed E-state index contributed by atoms with van der Waals surface area (Å²) in [7, 11) is 1.92. The van der Waals surface area contributed by atoms with Gasteiger partial charge in [-0.15, -0.1) is 12.4 Å². The van der Waals surface area contributed by atoms with Crippen molar-refractivity contribution < 1.29 is 9.18 Å². The van der Waals surface area contributed by atoms with Crippen LogP contribution < -0.4 is 16.2 Å². The summed E-state index contributed by atoms with van der Waals surface area (Å²) < 4.78 is 13.3. The van der Waals surface area contributed by atoms with Crippen molar-refractivity contribution in [3.8, 4) is 0 Å². The molecular formula is C19H30ClFN4O. The van der Waals surface area contributed by atoms with Crippen molar-refractivity contribution >= 4 is 18.3 Å². The summed E-state index contributed by atoms with van der Waals surface area (Å²) in [5.74, 6) is 0.285. The van der Waals surface area contributed by atoms with E-state index in [2.05, 4.69) is 16.2 Å². The van der Waals surface area contributed by atoms with Crippen LogP contribution in [0, 0.1) is 11.7 Å². The van der Waals surface area contributed by atoms with E-state index in [4.69, 9.17) is 0 Å². The Bertz CT molecular complexity index is 582. The molecule has 0 saturated carbocycles. The summed E-state index contributed by atoms with van der Waals surface area (Å²) in [5, 5.41) is 3.30. The maximum absolute atomic E-state index is 13.3. The monoisotopic (exact) mass is 384 g/mol.